The van der Waals surface area contributed by atoms with E-state index in [4.69, 9.17) is 14.2 Å². The largest absolute Gasteiger partial charge is 0.492 e. The normalized spacial score (nSPS) is 11.7. The zero-order chi connectivity index (χ0) is 25.9. The highest BCUT2D eigenvalue weighted by atomic mass is 16.7. The fraction of sp³-hybridized carbons (Fsp3) is 0.300. The second-order valence-corrected chi connectivity index (χ2v) is 8.73. The lowest BCUT2D eigenvalue weighted by atomic mass is 9.90. The van der Waals surface area contributed by atoms with E-state index < -0.39 is 0 Å². The molecule has 3 aromatic rings. The predicted octanol–water partition coefficient (Wildman–Crippen LogP) is 5.88. The smallest absolute Gasteiger partial charge is 0.256 e. The van der Waals surface area contributed by atoms with Crippen molar-refractivity contribution in [2.45, 2.75) is 20.3 Å². The Hall–Kier alpha value is -3.61. The van der Waals surface area contributed by atoms with Crippen LogP contribution < -0.4 is 14.8 Å². The summed E-state index contributed by atoms with van der Waals surface area (Å²) >= 11 is 0. The van der Waals surface area contributed by atoms with Gasteiger partial charge in [0.05, 0.1) is 5.57 Å². The first-order valence-corrected chi connectivity index (χ1v) is 12.1. The van der Waals surface area contributed by atoms with Crippen LogP contribution in [0.5, 0.6) is 11.5 Å². The molecule has 6 heteroatoms. The molecule has 0 atom stereocenters. The zero-order valence-corrected chi connectivity index (χ0v) is 21.8. The summed E-state index contributed by atoms with van der Waals surface area (Å²) in [5.74, 6) is 1.28. The van der Waals surface area contributed by atoms with Gasteiger partial charge in [0, 0.05) is 19.3 Å². The number of hydrogen-bond acceptors (Lipinski definition) is 5. The molecule has 0 aliphatic heterocycles. The highest BCUT2D eigenvalue weighted by Crippen LogP contribution is 2.33. The van der Waals surface area contributed by atoms with Gasteiger partial charge >= 0.3 is 0 Å². The number of likely N-dealkylation sites (N-methyl/N-ethyl adjacent to an activating group) is 1. The number of methoxy groups -OCH3 is 1. The van der Waals surface area contributed by atoms with Crippen molar-refractivity contribution < 1.29 is 19.0 Å². The van der Waals surface area contributed by atoms with Gasteiger partial charge in [-0.2, -0.15) is 0 Å². The van der Waals surface area contributed by atoms with Crippen molar-refractivity contribution in [1.82, 2.24) is 4.90 Å². The molecule has 0 aliphatic rings. The van der Waals surface area contributed by atoms with Crippen LogP contribution in [0.25, 0.3) is 11.1 Å². The van der Waals surface area contributed by atoms with Crippen molar-refractivity contribution >= 4 is 22.7 Å². The second kappa shape index (κ2) is 13.5. The van der Waals surface area contributed by atoms with Crippen LogP contribution in [0.2, 0.25) is 0 Å². The summed E-state index contributed by atoms with van der Waals surface area (Å²) in [4.78, 5) is 15.8. The molecule has 0 aromatic heterocycles. The maximum atomic E-state index is 13.7. The molecule has 0 unspecified atom stereocenters. The van der Waals surface area contributed by atoms with E-state index in [1.165, 1.54) is 0 Å². The van der Waals surface area contributed by atoms with E-state index in [0.29, 0.717) is 30.0 Å². The second-order valence-electron chi connectivity index (χ2n) is 8.73. The number of hydrogen-bond donors (Lipinski definition) is 1. The topological polar surface area (TPSA) is 60.0 Å². The summed E-state index contributed by atoms with van der Waals surface area (Å²) in [6.07, 6.45) is 0.703. The SMILES string of the molecule is CC/C(=C(/C(=O)Nc1ccc(OCCN(C)C)cc1)c1ccc(OCOC)cc1)c1ccccc1C. The summed E-state index contributed by atoms with van der Waals surface area (Å²) in [5, 5.41) is 3.08. The summed E-state index contributed by atoms with van der Waals surface area (Å²) in [6.45, 7) is 5.75. The average molecular weight is 489 g/mol. The van der Waals surface area contributed by atoms with Crippen LogP contribution in [0.3, 0.4) is 0 Å². The third-order valence-corrected chi connectivity index (χ3v) is 5.76. The lowest BCUT2D eigenvalue weighted by Gasteiger charge is -2.18. The predicted molar refractivity (Wildman–Crippen MR) is 146 cm³/mol. The number of allylic oxidation sites excluding steroid dienone is 1. The number of aryl methyl sites for hydroxylation is 1. The van der Waals surface area contributed by atoms with Crippen LogP contribution in [-0.2, 0) is 9.53 Å². The van der Waals surface area contributed by atoms with Gasteiger partial charge in [0.1, 0.15) is 18.1 Å². The Balaban J connectivity index is 1.92. The molecule has 1 amide bonds. The number of carbonyl (C=O) groups is 1. The third kappa shape index (κ3) is 7.44. The first-order valence-electron chi connectivity index (χ1n) is 12.1. The zero-order valence-electron chi connectivity index (χ0n) is 21.8. The lowest BCUT2D eigenvalue weighted by Crippen LogP contribution is -2.19. The van der Waals surface area contributed by atoms with Crippen LogP contribution >= 0.6 is 0 Å². The Labute approximate surface area is 214 Å². The lowest BCUT2D eigenvalue weighted by molar-refractivity contribution is -0.111. The monoisotopic (exact) mass is 488 g/mol. The van der Waals surface area contributed by atoms with Gasteiger partial charge in [0.25, 0.3) is 5.91 Å². The number of carbonyl (C=O) groups excluding carboxylic acids is 1. The molecule has 3 rings (SSSR count). The van der Waals surface area contributed by atoms with Crippen LogP contribution in [0.1, 0.15) is 30.0 Å². The minimum Gasteiger partial charge on any atom is -0.492 e. The molecule has 0 fully saturated rings. The van der Waals surface area contributed by atoms with Crippen molar-refractivity contribution in [3.63, 3.8) is 0 Å². The van der Waals surface area contributed by atoms with Crippen molar-refractivity contribution in [1.29, 1.82) is 0 Å². The van der Waals surface area contributed by atoms with Gasteiger partial charge in [-0.15, -0.1) is 0 Å². The summed E-state index contributed by atoms with van der Waals surface area (Å²) in [6, 6.07) is 23.2. The number of rotatable bonds is 12. The molecule has 0 bridgehead atoms. The number of nitrogens with zero attached hydrogens (tertiary/aromatic N) is 1. The van der Waals surface area contributed by atoms with E-state index >= 15 is 0 Å². The Morgan fingerprint density at radius 1 is 0.889 bits per heavy atom. The molecular weight excluding hydrogens is 452 g/mol. The first-order chi connectivity index (χ1) is 17.4. The number of benzene rings is 3. The van der Waals surface area contributed by atoms with E-state index in [2.05, 4.69) is 36.2 Å². The number of amides is 1. The van der Waals surface area contributed by atoms with Crippen molar-refractivity contribution in [3.05, 3.63) is 89.5 Å². The molecule has 3 aromatic carbocycles. The van der Waals surface area contributed by atoms with E-state index in [-0.39, 0.29) is 12.7 Å². The fourth-order valence-corrected chi connectivity index (χ4v) is 3.87. The van der Waals surface area contributed by atoms with Gasteiger partial charge in [-0.25, -0.2) is 0 Å². The first kappa shape index (κ1) is 27.0. The van der Waals surface area contributed by atoms with E-state index in [9.17, 15) is 4.79 Å². The minimum atomic E-state index is -0.165. The quantitative estimate of drug-likeness (QED) is 0.196. The maximum Gasteiger partial charge on any atom is 0.256 e. The highest BCUT2D eigenvalue weighted by Gasteiger charge is 2.19. The van der Waals surface area contributed by atoms with Crippen LogP contribution in [-0.4, -0.2) is 52.0 Å². The Bertz CT molecular complexity index is 1150. The summed E-state index contributed by atoms with van der Waals surface area (Å²) in [7, 11) is 5.60. The van der Waals surface area contributed by atoms with Gasteiger partial charge in [0.2, 0.25) is 0 Å². The minimum absolute atomic E-state index is 0.165. The third-order valence-electron chi connectivity index (χ3n) is 5.76. The van der Waals surface area contributed by atoms with Crippen LogP contribution in [0, 0.1) is 6.92 Å². The van der Waals surface area contributed by atoms with Gasteiger partial charge < -0.3 is 24.4 Å². The van der Waals surface area contributed by atoms with Crippen molar-refractivity contribution in [2.24, 2.45) is 0 Å². The standard InChI is InChI=1S/C30H36N2O4/c1-6-27(28-10-8-7-9-22(28)2)29(23-11-15-26(16-12-23)36-21-34-5)30(33)31-24-13-17-25(18-14-24)35-20-19-32(3)4/h7-18H,6,19-21H2,1-5H3,(H,31,33)/b29-27-. The molecule has 0 aliphatic carbocycles. The molecule has 36 heavy (non-hydrogen) atoms. The van der Waals surface area contributed by atoms with Gasteiger partial charge in [-0.1, -0.05) is 43.3 Å². The molecule has 0 spiro atoms. The molecular formula is C30H36N2O4. The molecule has 1 N–H and O–H groups in total. The van der Waals surface area contributed by atoms with Crippen LogP contribution in [0.4, 0.5) is 5.69 Å². The Kier molecular flexibility index (Phi) is 10.1. The van der Waals surface area contributed by atoms with Crippen LogP contribution in [0.15, 0.2) is 72.8 Å². The van der Waals surface area contributed by atoms with E-state index in [1.54, 1.807) is 7.11 Å². The molecule has 190 valence electrons. The molecule has 0 radical (unpaired) electrons. The number of ether oxygens (including phenoxy) is 3. The highest BCUT2D eigenvalue weighted by molar-refractivity contribution is 6.31. The number of anilines is 1. The van der Waals surface area contributed by atoms with E-state index in [1.807, 2.05) is 74.8 Å². The molecule has 0 saturated carbocycles. The van der Waals surface area contributed by atoms with Crippen molar-refractivity contribution in [2.75, 3.05) is 46.5 Å². The molecule has 6 nitrogen and oxygen atoms in total. The molecule has 0 saturated heterocycles. The Morgan fingerprint density at radius 2 is 1.53 bits per heavy atom. The fourth-order valence-electron chi connectivity index (χ4n) is 3.87. The van der Waals surface area contributed by atoms with E-state index in [0.717, 1.165) is 34.6 Å². The molecule has 0 heterocycles. The summed E-state index contributed by atoms with van der Waals surface area (Å²) in [5.41, 5.74) is 5.34. The number of nitrogens with one attached hydrogen (secondary N) is 1. The average Bonchev–Trinajstić information content (AvgIpc) is 2.88. The van der Waals surface area contributed by atoms with Crippen molar-refractivity contribution in [3.8, 4) is 11.5 Å². The van der Waals surface area contributed by atoms with Gasteiger partial charge in [-0.05, 0) is 86.1 Å². The van der Waals surface area contributed by atoms with Gasteiger partial charge in [-0.3, -0.25) is 4.79 Å². The Morgan fingerprint density at radius 3 is 2.14 bits per heavy atom. The van der Waals surface area contributed by atoms with Gasteiger partial charge in [0.15, 0.2) is 6.79 Å². The maximum absolute atomic E-state index is 13.7. The summed E-state index contributed by atoms with van der Waals surface area (Å²) < 4.78 is 16.3.